The highest BCUT2D eigenvalue weighted by atomic mass is 32.1. The molecule has 0 saturated heterocycles. The van der Waals surface area contributed by atoms with Gasteiger partial charge in [0.25, 0.3) is 0 Å². The van der Waals surface area contributed by atoms with Gasteiger partial charge in [-0.3, -0.25) is 0 Å². The minimum atomic E-state index is -0.474. The first-order valence-electron chi connectivity index (χ1n) is 22.5. The minimum Gasteiger partial charge on any atom is -0.208 e. The van der Waals surface area contributed by atoms with E-state index in [0.717, 1.165) is 27.8 Å². The summed E-state index contributed by atoms with van der Waals surface area (Å²) in [5, 5.41) is 5.04. The van der Waals surface area contributed by atoms with Crippen LogP contribution in [-0.4, -0.2) is 15.0 Å². The summed E-state index contributed by atoms with van der Waals surface area (Å²) in [4.78, 5) is 16.1. The van der Waals surface area contributed by atoms with Gasteiger partial charge in [0.1, 0.15) is 0 Å². The Morgan fingerprint density at radius 1 is 0.288 bits per heavy atom. The Morgan fingerprint density at radius 2 is 0.727 bits per heavy atom. The van der Waals surface area contributed by atoms with Gasteiger partial charge >= 0.3 is 0 Å². The van der Waals surface area contributed by atoms with E-state index in [1.165, 1.54) is 86.6 Å². The summed E-state index contributed by atoms with van der Waals surface area (Å²) in [6.07, 6.45) is 0. The number of nitrogens with zero attached hydrogens (tertiary/aromatic N) is 3. The molecule has 0 bridgehead atoms. The van der Waals surface area contributed by atoms with Crippen molar-refractivity contribution >= 4 is 42.3 Å². The smallest absolute Gasteiger partial charge is 0.164 e. The summed E-state index contributed by atoms with van der Waals surface area (Å²) >= 11 is 1.85. The van der Waals surface area contributed by atoms with Crippen LogP contribution < -0.4 is 0 Å². The second-order valence-electron chi connectivity index (χ2n) is 17.4. The van der Waals surface area contributed by atoms with Crippen molar-refractivity contribution in [1.82, 2.24) is 15.0 Å². The van der Waals surface area contributed by atoms with Crippen LogP contribution in [0.25, 0.3) is 110 Å². The molecule has 0 N–H and O–H groups in total. The van der Waals surface area contributed by atoms with E-state index >= 15 is 0 Å². The summed E-state index contributed by atoms with van der Waals surface area (Å²) < 4.78 is 2.59. The molecule has 10 aromatic carbocycles. The summed E-state index contributed by atoms with van der Waals surface area (Å²) in [5.41, 5.74) is 17.2. The average Bonchev–Trinajstić information content (AvgIpc) is 4.03. The van der Waals surface area contributed by atoms with Crippen molar-refractivity contribution in [3.8, 4) is 78.7 Å². The molecule has 0 amide bonds. The molecule has 0 unspecified atom stereocenters. The Balaban J connectivity index is 0.959. The second-order valence-corrected chi connectivity index (χ2v) is 18.5. The van der Waals surface area contributed by atoms with Crippen LogP contribution in [-0.2, 0) is 5.41 Å². The van der Waals surface area contributed by atoms with E-state index in [-0.39, 0.29) is 0 Å². The minimum absolute atomic E-state index is 0.474. The molecule has 0 saturated carbocycles. The highest BCUT2D eigenvalue weighted by Gasteiger charge is 2.52. The first-order valence-corrected chi connectivity index (χ1v) is 23.3. The number of rotatable bonds is 5. The van der Waals surface area contributed by atoms with E-state index in [1.54, 1.807) is 0 Å². The van der Waals surface area contributed by atoms with E-state index < -0.39 is 5.41 Å². The Hall–Kier alpha value is -8.31. The van der Waals surface area contributed by atoms with Gasteiger partial charge in [0, 0.05) is 36.9 Å². The largest absolute Gasteiger partial charge is 0.208 e. The number of benzene rings is 10. The zero-order chi connectivity index (χ0) is 43.3. The quantitative estimate of drug-likeness (QED) is 0.173. The maximum atomic E-state index is 5.42. The van der Waals surface area contributed by atoms with Crippen LogP contribution >= 0.6 is 11.3 Å². The number of hydrogen-bond acceptors (Lipinski definition) is 4. The Morgan fingerprint density at radius 3 is 1.44 bits per heavy atom. The maximum absolute atomic E-state index is 5.42. The third-order valence-electron chi connectivity index (χ3n) is 14.0. The van der Waals surface area contributed by atoms with Gasteiger partial charge in [0.05, 0.1) is 5.41 Å². The van der Waals surface area contributed by atoms with E-state index in [2.05, 4.69) is 224 Å². The lowest BCUT2D eigenvalue weighted by atomic mass is 9.70. The Kier molecular flexibility index (Phi) is 8.07. The molecule has 2 heterocycles. The van der Waals surface area contributed by atoms with Crippen molar-refractivity contribution in [1.29, 1.82) is 0 Å². The zero-order valence-corrected chi connectivity index (χ0v) is 36.4. The molecule has 66 heavy (non-hydrogen) atoms. The molecule has 3 nitrogen and oxygen atoms in total. The third-order valence-corrected chi connectivity index (χ3v) is 15.1. The van der Waals surface area contributed by atoms with Crippen LogP contribution in [0, 0.1) is 0 Å². The zero-order valence-electron chi connectivity index (χ0n) is 35.6. The van der Waals surface area contributed by atoms with Gasteiger partial charge in [-0.2, -0.15) is 0 Å². The highest BCUT2D eigenvalue weighted by molar-refractivity contribution is 7.25. The van der Waals surface area contributed by atoms with Crippen LogP contribution in [0.3, 0.4) is 0 Å². The molecule has 0 fully saturated rings. The van der Waals surface area contributed by atoms with E-state index in [9.17, 15) is 0 Å². The Bertz CT molecular complexity index is 3890. The number of fused-ring (bicyclic) bond motifs is 14. The summed E-state index contributed by atoms with van der Waals surface area (Å²) in [7, 11) is 0. The van der Waals surface area contributed by atoms with Crippen LogP contribution in [0.1, 0.15) is 22.3 Å². The maximum Gasteiger partial charge on any atom is 0.164 e. The van der Waals surface area contributed by atoms with Gasteiger partial charge in [-0.05, 0) is 89.7 Å². The fraction of sp³-hybridized carbons (Fsp3) is 0.0161. The lowest BCUT2D eigenvalue weighted by molar-refractivity contribution is 0.794. The van der Waals surface area contributed by atoms with E-state index in [1.807, 2.05) is 11.3 Å². The highest BCUT2D eigenvalue weighted by Crippen LogP contribution is 2.63. The van der Waals surface area contributed by atoms with Crippen molar-refractivity contribution in [3.05, 3.63) is 247 Å². The van der Waals surface area contributed by atoms with Gasteiger partial charge in [-0.1, -0.05) is 212 Å². The van der Waals surface area contributed by atoms with Gasteiger partial charge in [0.15, 0.2) is 17.5 Å². The van der Waals surface area contributed by atoms with Gasteiger partial charge in [0.2, 0.25) is 0 Å². The van der Waals surface area contributed by atoms with Gasteiger partial charge in [-0.15, -0.1) is 11.3 Å². The predicted octanol–water partition coefficient (Wildman–Crippen LogP) is 16.1. The Labute approximate surface area is 386 Å². The number of aromatic nitrogens is 3. The van der Waals surface area contributed by atoms with Crippen LogP contribution in [0.5, 0.6) is 0 Å². The molecule has 0 radical (unpaired) electrons. The monoisotopic (exact) mass is 855 g/mol. The summed E-state index contributed by atoms with van der Waals surface area (Å²) in [6, 6.07) is 81.4. The topological polar surface area (TPSA) is 38.7 Å². The van der Waals surface area contributed by atoms with Crippen molar-refractivity contribution in [3.63, 3.8) is 0 Å². The molecule has 0 atom stereocenters. The van der Waals surface area contributed by atoms with Crippen molar-refractivity contribution in [2.45, 2.75) is 5.41 Å². The summed E-state index contributed by atoms with van der Waals surface area (Å²) in [6.45, 7) is 0. The fourth-order valence-corrected chi connectivity index (χ4v) is 12.3. The molecule has 4 heteroatoms. The average molecular weight is 856 g/mol. The van der Waals surface area contributed by atoms with Gasteiger partial charge < -0.3 is 0 Å². The fourth-order valence-electron chi connectivity index (χ4n) is 11.2. The first-order chi connectivity index (χ1) is 32.7. The van der Waals surface area contributed by atoms with E-state index in [0.29, 0.717) is 17.5 Å². The molecule has 14 rings (SSSR count). The lowest BCUT2D eigenvalue weighted by Crippen LogP contribution is -2.25. The van der Waals surface area contributed by atoms with Crippen LogP contribution in [0.15, 0.2) is 224 Å². The molecule has 12 aromatic rings. The molecule has 2 aliphatic carbocycles. The molecular weight excluding hydrogens is 819 g/mol. The van der Waals surface area contributed by atoms with Crippen molar-refractivity contribution in [2.75, 3.05) is 0 Å². The number of hydrogen-bond donors (Lipinski definition) is 0. The molecular formula is C62H37N3S. The lowest BCUT2D eigenvalue weighted by Gasteiger charge is -2.30. The van der Waals surface area contributed by atoms with Crippen molar-refractivity contribution in [2.24, 2.45) is 0 Å². The molecule has 2 aliphatic rings. The normalized spacial score (nSPS) is 13.0. The molecule has 1 spiro atoms. The van der Waals surface area contributed by atoms with Gasteiger partial charge in [-0.25, -0.2) is 15.0 Å². The molecule has 0 aliphatic heterocycles. The molecule has 2 aromatic heterocycles. The third kappa shape index (κ3) is 5.34. The summed E-state index contributed by atoms with van der Waals surface area (Å²) in [5.74, 6) is 1.91. The van der Waals surface area contributed by atoms with Crippen LogP contribution in [0.2, 0.25) is 0 Å². The predicted molar refractivity (Wildman–Crippen MR) is 274 cm³/mol. The standard InChI is InChI=1S/C62H37N3S/c1-2-16-43-38(14-1)15-11-21-44(43)39-30-34-41(35-31-39)59-63-60(42-36-32-40(33-37-42)45-22-13-29-56-58(45)49-20-6-10-28-55(49)66-56)65-61(64-59)50-23-12-27-54-57(50)48-19-5-9-26-53(48)62(54)51-24-7-3-17-46(51)47-18-4-8-25-52(47)62/h1-37H. The van der Waals surface area contributed by atoms with E-state index in [4.69, 9.17) is 15.0 Å². The molecule has 306 valence electrons. The second kappa shape index (κ2) is 14.3. The van der Waals surface area contributed by atoms with Crippen LogP contribution in [0.4, 0.5) is 0 Å². The number of thiophene rings is 1. The van der Waals surface area contributed by atoms with Crippen molar-refractivity contribution < 1.29 is 0 Å². The SMILES string of the molecule is c1ccc2c(c1)-c1ccccc1C21c2ccccc2-c2c(-c3nc(-c4ccc(-c5cccc6ccccc56)cc4)nc(-c4ccc(-c5cccc6sc7ccccc7c56)cc4)n3)cccc21. The first kappa shape index (κ1) is 37.1.